The Balaban J connectivity index is 1.93. The van der Waals surface area contributed by atoms with Crippen LogP contribution in [-0.2, 0) is 21.0 Å². The molecule has 174 valence electrons. The molecule has 1 saturated carbocycles. The van der Waals surface area contributed by atoms with Crippen LogP contribution >= 0.6 is 11.6 Å². The van der Waals surface area contributed by atoms with Gasteiger partial charge in [-0.3, -0.25) is 9.10 Å². The van der Waals surface area contributed by atoms with E-state index in [1.54, 1.807) is 6.07 Å². The summed E-state index contributed by atoms with van der Waals surface area (Å²) in [6.45, 7) is -0.292. The van der Waals surface area contributed by atoms with Crippen molar-refractivity contribution in [1.29, 1.82) is 0 Å². The molecule has 3 rings (SSSR count). The highest BCUT2D eigenvalue weighted by Crippen LogP contribution is 2.37. The number of rotatable bonds is 7. The summed E-state index contributed by atoms with van der Waals surface area (Å²) in [5.41, 5.74) is -1.47. The van der Waals surface area contributed by atoms with E-state index in [0.717, 1.165) is 44.2 Å². The van der Waals surface area contributed by atoms with Crippen molar-refractivity contribution in [1.82, 2.24) is 5.32 Å². The lowest BCUT2D eigenvalue weighted by atomic mass is 9.89. The number of hydrogen-bond donors (Lipinski definition) is 1. The molecule has 1 amide bonds. The highest BCUT2D eigenvalue weighted by Gasteiger charge is 2.34. The monoisotopic (exact) mass is 488 g/mol. The molecular formula is C22H24ClF3N2O3S. The lowest BCUT2D eigenvalue weighted by molar-refractivity contribution is -0.137. The van der Waals surface area contributed by atoms with E-state index < -0.39 is 39.9 Å². The fraction of sp³-hybridized carbons (Fsp3) is 0.409. The zero-order valence-corrected chi connectivity index (χ0v) is 18.8. The molecule has 0 heterocycles. The highest BCUT2D eigenvalue weighted by molar-refractivity contribution is 7.92. The minimum absolute atomic E-state index is 0.159. The Kier molecular flexibility index (Phi) is 7.71. The maximum atomic E-state index is 13.3. The first kappa shape index (κ1) is 24.4. The Bertz CT molecular complexity index is 1040. The van der Waals surface area contributed by atoms with E-state index >= 15 is 0 Å². The van der Waals surface area contributed by atoms with Crippen molar-refractivity contribution in [3.63, 3.8) is 0 Å². The number of alkyl halides is 3. The first-order valence-corrected chi connectivity index (χ1v) is 12.1. The Morgan fingerprint density at radius 1 is 1.06 bits per heavy atom. The molecule has 1 fully saturated rings. The van der Waals surface area contributed by atoms with Crippen LogP contribution in [0.25, 0.3) is 0 Å². The summed E-state index contributed by atoms with van der Waals surface area (Å²) in [5.74, 6) is -0.299. The molecule has 1 aliphatic carbocycles. The summed E-state index contributed by atoms with van der Waals surface area (Å²) in [5, 5.41) is 2.52. The Labute approximate surface area is 190 Å². The number of amides is 1. The van der Waals surface area contributed by atoms with Gasteiger partial charge in [0.25, 0.3) is 10.0 Å². The van der Waals surface area contributed by atoms with Crippen molar-refractivity contribution >= 4 is 33.2 Å². The van der Waals surface area contributed by atoms with Gasteiger partial charge in [0.05, 0.1) is 21.2 Å². The predicted octanol–water partition coefficient (Wildman–Crippen LogP) is 5.25. The number of carbonyl (C=O) groups excluding carboxylic acids is 1. The lowest BCUT2D eigenvalue weighted by Gasteiger charge is -2.27. The average Bonchev–Trinajstić information content (AvgIpc) is 2.77. The molecule has 0 aliphatic heterocycles. The molecule has 5 nitrogen and oxygen atoms in total. The minimum atomic E-state index is -4.70. The van der Waals surface area contributed by atoms with Crippen molar-refractivity contribution in [3.05, 3.63) is 59.1 Å². The van der Waals surface area contributed by atoms with Crippen LogP contribution in [0.2, 0.25) is 5.02 Å². The summed E-state index contributed by atoms with van der Waals surface area (Å²) < 4.78 is 67.1. The maximum Gasteiger partial charge on any atom is 0.416 e. The second-order valence-corrected chi connectivity index (χ2v) is 10.1. The molecule has 0 radical (unpaired) electrons. The number of anilines is 1. The van der Waals surface area contributed by atoms with E-state index in [2.05, 4.69) is 5.32 Å². The van der Waals surface area contributed by atoms with Crippen LogP contribution in [0.15, 0.2) is 53.4 Å². The Morgan fingerprint density at radius 3 is 2.34 bits per heavy atom. The second kappa shape index (κ2) is 10.1. The van der Waals surface area contributed by atoms with E-state index in [1.165, 1.54) is 24.3 Å². The topological polar surface area (TPSA) is 66.5 Å². The fourth-order valence-corrected chi connectivity index (χ4v) is 5.46. The SMILES string of the molecule is O=C(CN(c1cc(C(F)(F)F)ccc1Cl)S(=O)(=O)c1ccccc1)NCC1CCCCC1. The molecular weight excluding hydrogens is 465 g/mol. The summed E-state index contributed by atoms with van der Waals surface area (Å²) in [4.78, 5) is 12.5. The van der Waals surface area contributed by atoms with E-state index in [4.69, 9.17) is 11.6 Å². The molecule has 1 N–H and O–H groups in total. The van der Waals surface area contributed by atoms with E-state index in [9.17, 15) is 26.4 Å². The molecule has 0 spiro atoms. The van der Waals surface area contributed by atoms with Crippen molar-refractivity contribution in [2.75, 3.05) is 17.4 Å². The molecule has 2 aromatic rings. The van der Waals surface area contributed by atoms with Crippen LogP contribution in [-0.4, -0.2) is 27.4 Å². The summed E-state index contributed by atoms with van der Waals surface area (Å²) in [6, 6.07) is 9.60. The molecule has 10 heteroatoms. The molecule has 0 unspecified atom stereocenters. The molecule has 0 saturated heterocycles. The Hall–Kier alpha value is -2.26. The van der Waals surface area contributed by atoms with E-state index in [1.807, 2.05) is 0 Å². The van der Waals surface area contributed by atoms with Crippen LogP contribution in [0.3, 0.4) is 0 Å². The lowest BCUT2D eigenvalue weighted by Crippen LogP contribution is -2.42. The van der Waals surface area contributed by atoms with Gasteiger partial charge in [0.1, 0.15) is 6.54 Å². The number of nitrogens with zero attached hydrogens (tertiary/aromatic N) is 1. The third kappa shape index (κ3) is 5.95. The van der Waals surface area contributed by atoms with Gasteiger partial charge in [0.2, 0.25) is 5.91 Å². The second-order valence-electron chi connectivity index (χ2n) is 7.80. The van der Waals surface area contributed by atoms with Gasteiger partial charge in [-0.2, -0.15) is 13.2 Å². The van der Waals surface area contributed by atoms with Gasteiger partial charge in [-0.05, 0) is 49.1 Å². The van der Waals surface area contributed by atoms with Crippen LogP contribution in [0.5, 0.6) is 0 Å². The number of carbonyl (C=O) groups is 1. The van der Waals surface area contributed by atoms with Gasteiger partial charge in [-0.1, -0.05) is 49.1 Å². The number of hydrogen-bond acceptors (Lipinski definition) is 3. The van der Waals surface area contributed by atoms with Gasteiger partial charge in [-0.15, -0.1) is 0 Å². The molecule has 0 aromatic heterocycles. The van der Waals surface area contributed by atoms with Gasteiger partial charge >= 0.3 is 6.18 Å². The summed E-state index contributed by atoms with van der Waals surface area (Å²) >= 11 is 6.11. The van der Waals surface area contributed by atoms with Gasteiger partial charge in [0.15, 0.2) is 0 Å². The predicted molar refractivity (Wildman–Crippen MR) is 117 cm³/mol. The zero-order chi connectivity index (χ0) is 23.4. The van der Waals surface area contributed by atoms with Crippen LogP contribution in [0.1, 0.15) is 37.7 Å². The summed E-state index contributed by atoms with van der Waals surface area (Å²) in [6.07, 6.45) is 0.563. The van der Waals surface area contributed by atoms with Crippen molar-refractivity contribution < 1.29 is 26.4 Å². The summed E-state index contributed by atoms with van der Waals surface area (Å²) in [7, 11) is -4.36. The first-order chi connectivity index (χ1) is 15.1. The van der Waals surface area contributed by atoms with Crippen molar-refractivity contribution in [3.8, 4) is 0 Å². The van der Waals surface area contributed by atoms with Gasteiger partial charge in [0, 0.05) is 6.54 Å². The zero-order valence-electron chi connectivity index (χ0n) is 17.2. The fourth-order valence-electron chi connectivity index (χ4n) is 3.74. The third-order valence-electron chi connectivity index (χ3n) is 5.47. The van der Waals surface area contributed by atoms with Crippen LogP contribution in [0, 0.1) is 5.92 Å². The quantitative estimate of drug-likeness (QED) is 0.578. The van der Waals surface area contributed by atoms with Gasteiger partial charge in [-0.25, -0.2) is 8.42 Å². The molecule has 0 atom stereocenters. The average molecular weight is 489 g/mol. The molecule has 0 bridgehead atoms. The van der Waals surface area contributed by atoms with E-state index in [0.29, 0.717) is 22.8 Å². The molecule has 32 heavy (non-hydrogen) atoms. The van der Waals surface area contributed by atoms with Crippen LogP contribution in [0.4, 0.5) is 18.9 Å². The van der Waals surface area contributed by atoms with E-state index in [-0.39, 0.29) is 9.92 Å². The largest absolute Gasteiger partial charge is 0.416 e. The third-order valence-corrected chi connectivity index (χ3v) is 7.57. The maximum absolute atomic E-state index is 13.3. The number of nitrogens with one attached hydrogen (secondary N) is 1. The number of sulfonamides is 1. The first-order valence-electron chi connectivity index (χ1n) is 10.3. The highest BCUT2D eigenvalue weighted by atomic mass is 35.5. The minimum Gasteiger partial charge on any atom is -0.354 e. The van der Waals surface area contributed by atoms with Crippen molar-refractivity contribution in [2.45, 2.75) is 43.2 Å². The number of benzene rings is 2. The standard InChI is InChI=1S/C22H24ClF3N2O3S/c23-19-12-11-17(22(24,25)26)13-20(19)28(32(30,31)18-9-5-2-6-10-18)15-21(29)27-14-16-7-3-1-4-8-16/h2,5-6,9-13,16H,1,3-4,7-8,14-15H2,(H,27,29). The van der Waals surface area contributed by atoms with Crippen LogP contribution < -0.4 is 9.62 Å². The molecule has 2 aromatic carbocycles. The molecule has 1 aliphatic rings. The Morgan fingerprint density at radius 2 is 1.72 bits per heavy atom. The normalized spacial score (nSPS) is 15.4. The van der Waals surface area contributed by atoms with Crippen molar-refractivity contribution in [2.24, 2.45) is 5.92 Å². The number of halogens is 4. The van der Waals surface area contributed by atoms with Gasteiger partial charge < -0.3 is 5.32 Å². The smallest absolute Gasteiger partial charge is 0.354 e.